The van der Waals surface area contributed by atoms with Gasteiger partial charge in [0, 0.05) is 43.5 Å². The summed E-state index contributed by atoms with van der Waals surface area (Å²) in [6.45, 7) is 7.41. The largest absolute Gasteiger partial charge is 0.351 e. The fraction of sp³-hybridized carbons (Fsp3) is 0.529. The molecule has 132 valence electrons. The van der Waals surface area contributed by atoms with E-state index in [0.29, 0.717) is 17.7 Å². The molecule has 0 amide bonds. The second-order valence-electron chi connectivity index (χ2n) is 6.20. The Labute approximate surface area is 165 Å². The Morgan fingerprint density at radius 3 is 3.00 bits per heavy atom. The lowest BCUT2D eigenvalue weighted by atomic mass is 10.1. The quantitative estimate of drug-likeness (QED) is 0.436. The summed E-state index contributed by atoms with van der Waals surface area (Å²) in [6.07, 6.45) is 4.09. The van der Waals surface area contributed by atoms with Gasteiger partial charge < -0.3 is 14.6 Å². The highest BCUT2D eigenvalue weighted by atomic mass is 127. The first-order chi connectivity index (χ1) is 11.2. The molecule has 0 aliphatic carbocycles. The van der Waals surface area contributed by atoms with E-state index >= 15 is 0 Å². The van der Waals surface area contributed by atoms with Crippen LogP contribution in [0.15, 0.2) is 35.6 Å². The van der Waals surface area contributed by atoms with Gasteiger partial charge in [0.1, 0.15) is 5.65 Å². The molecule has 1 saturated heterocycles. The Balaban J connectivity index is 0.00000208. The number of halogens is 1. The monoisotopic (exact) mass is 459 g/mol. The van der Waals surface area contributed by atoms with E-state index in [1.165, 1.54) is 0 Å². The van der Waals surface area contributed by atoms with Gasteiger partial charge in [0.2, 0.25) is 0 Å². The SMILES string of the molecule is CN=C(NCc1cn2ccccc2n1)N1CCSC(C(C)C)C1.I. The van der Waals surface area contributed by atoms with Crippen molar-refractivity contribution in [2.24, 2.45) is 10.9 Å². The van der Waals surface area contributed by atoms with Gasteiger partial charge in [0.05, 0.1) is 12.2 Å². The maximum Gasteiger partial charge on any atom is 0.194 e. The Kier molecular flexibility index (Phi) is 7.21. The number of pyridine rings is 1. The fourth-order valence-electron chi connectivity index (χ4n) is 2.85. The topological polar surface area (TPSA) is 44.9 Å². The van der Waals surface area contributed by atoms with E-state index in [1.807, 2.05) is 35.8 Å². The molecule has 3 rings (SSSR count). The fourth-order valence-corrected chi connectivity index (χ4v) is 4.14. The lowest BCUT2D eigenvalue weighted by molar-refractivity contribution is 0.380. The van der Waals surface area contributed by atoms with Crippen molar-refractivity contribution in [1.82, 2.24) is 19.6 Å². The highest BCUT2D eigenvalue weighted by Crippen LogP contribution is 2.24. The van der Waals surface area contributed by atoms with Gasteiger partial charge in [-0.1, -0.05) is 19.9 Å². The van der Waals surface area contributed by atoms with E-state index in [9.17, 15) is 0 Å². The third kappa shape index (κ3) is 4.56. The number of thioether (sulfide) groups is 1. The predicted octanol–water partition coefficient (Wildman–Crippen LogP) is 3.10. The van der Waals surface area contributed by atoms with Crippen LogP contribution in [0.3, 0.4) is 0 Å². The number of nitrogens with zero attached hydrogens (tertiary/aromatic N) is 4. The third-order valence-electron chi connectivity index (χ3n) is 4.19. The molecule has 0 aromatic carbocycles. The molecule has 5 nitrogen and oxygen atoms in total. The molecule has 1 fully saturated rings. The number of rotatable bonds is 3. The molecule has 24 heavy (non-hydrogen) atoms. The van der Waals surface area contributed by atoms with Gasteiger partial charge in [-0.3, -0.25) is 4.99 Å². The molecule has 0 radical (unpaired) electrons. The molecule has 1 aliphatic heterocycles. The van der Waals surface area contributed by atoms with E-state index in [1.54, 1.807) is 0 Å². The Hall–Kier alpha value is -0.960. The van der Waals surface area contributed by atoms with Gasteiger partial charge in [0.25, 0.3) is 0 Å². The summed E-state index contributed by atoms with van der Waals surface area (Å²) >= 11 is 2.08. The standard InChI is InChI=1S/C17H25N5S.HI/c1-13(2)15-12-22(8-9-23-15)17(18-3)19-10-14-11-21-7-5-4-6-16(21)20-14;/h4-7,11,13,15H,8-10,12H2,1-3H3,(H,18,19);1H. The van der Waals surface area contributed by atoms with Crippen molar-refractivity contribution >= 4 is 47.3 Å². The van der Waals surface area contributed by atoms with Crippen LogP contribution < -0.4 is 5.32 Å². The number of nitrogens with one attached hydrogen (secondary N) is 1. The molecular weight excluding hydrogens is 433 g/mol. The van der Waals surface area contributed by atoms with Gasteiger partial charge in [-0.25, -0.2) is 4.98 Å². The van der Waals surface area contributed by atoms with E-state index < -0.39 is 0 Å². The van der Waals surface area contributed by atoms with Crippen LogP contribution in [0.1, 0.15) is 19.5 Å². The van der Waals surface area contributed by atoms with Gasteiger partial charge in [0.15, 0.2) is 5.96 Å². The van der Waals surface area contributed by atoms with E-state index in [-0.39, 0.29) is 24.0 Å². The molecule has 7 heteroatoms. The number of hydrogen-bond acceptors (Lipinski definition) is 3. The van der Waals surface area contributed by atoms with Crippen molar-refractivity contribution < 1.29 is 0 Å². The van der Waals surface area contributed by atoms with Crippen molar-refractivity contribution in [3.63, 3.8) is 0 Å². The Morgan fingerprint density at radius 2 is 2.29 bits per heavy atom. The van der Waals surface area contributed by atoms with Gasteiger partial charge in [-0.2, -0.15) is 11.8 Å². The summed E-state index contributed by atoms with van der Waals surface area (Å²) in [4.78, 5) is 11.5. The van der Waals surface area contributed by atoms with Crippen LogP contribution >= 0.6 is 35.7 Å². The number of guanidine groups is 1. The molecular formula is C17H26IN5S. The molecule has 1 unspecified atom stereocenters. The zero-order chi connectivity index (χ0) is 16.2. The Morgan fingerprint density at radius 1 is 1.46 bits per heavy atom. The molecule has 1 N–H and O–H groups in total. The smallest absolute Gasteiger partial charge is 0.194 e. The summed E-state index contributed by atoms with van der Waals surface area (Å²) in [6, 6.07) is 6.05. The number of imidazole rings is 1. The highest BCUT2D eigenvalue weighted by molar-refractivity contribution is 14.0. The van der Waals surface area contributed by atoms with Crippen LogP contribution in [0.2, 0.25) is 0 Å². The molecule has 0 spiro atoms. The van der Waals surface area contributed by atoms with Crippen molar-refractivity contribution in [3.8, 4) is 0 Å². The minimum absolute atomic E-state index is 0. The van der Waals surface area contributed by atoms with Crippen LogP contribution in [-0.4, -0.2) is 51.4 Å². The van der Waals surface area contributed by atoms with Crippen molar-refractivity contribution in [2.45, 2.75) is 25.6 Å². The first-order valence-corrected chi connectivity index (χ1v) is 9.22. The normalized spacial score (nSPS) is 18.8. The number of aliphatic imine (C=N–C) groups is 1. The summed E-state index contributed by atoms with van der Waals surface area (Å²) in [5, 5.41) is 4.14. The zero-order valence-electron chi connectivity index (χ0n) is 14.5. The lowest BCUT2D eigenvalue weighted by Crippen LogP contribution is -2.48. The van der Waals surface area contributed by atoms with Crippen LogP contribution in [0.5, 0.6) is 0 Å². The second kappa shape index (κ2) is 8.94. The minimum Gasteiger partial charge on any atom is -0.351 e. The predicted molar refractivity (Wildman–Crippen MR) is 113 cm³/mol. The van der Waals surface area contributed by atoms with E-state index in [0.717, 1.165) is 36.1 Å². The van der Waals surface area contributed by atoms with E-state index in [4.69, 9.17) is 0 Å². The lowest BCUT2D eigenvalue weighted by Gasteiger charge is -2.36. The summed E-state index contributed by atoms with van der Waals surface area (Å²) in [5.41, 5.74) is 2.01. The zero-order valence-corrected chi connectivity index (χ0v) is 17.6. The van der Waals surface area contributed by atoms with E-state index in [2.05, 4.69) is 52.0 Å². The molecule has 2 aromatic heterocycles. The first-order valence-electron chi connectivity index (χ1n) is 8.17. The molecule has 0 saturated carbocycles. The number of aromatic nitrogens is 2. The van der Waals surface area contributed by atoms with Gasteiger partial charge in [-0.15, -0.1) is 24.0 Å². The first kappa shape index (κ1) is 19.4. The van der Waals surface area contributed by atoms with Gasteiger partial charge in [-0.05, 0) is 18.1 Å². The maximum atomic E-state index is 4.63. The van der Waals surface area contributed by atoms with Crippen molar-refractivity contribution in [3.05, 3.63) is 36.3 Å². The molecule has 1 aliphatic rings. The van der Waals surface area contributed by atoms with Crippen molar-refractivity contribution in [1.29, 1.82) is 0 Å². The maximum absolute atomic E-state index is 4.63. The second-order valence-corrected chi connectivity index (χ2v) is 7.55. The summed E-state index contributed by atoms with van der Waals surface area (Å²) in [5.74, 6) is 2.84. The van der Waals surface area contributed by atoms with Gasteiger partial charge >= 0.3 is 0 Å². The van der Waals surface area contributed by atoms with Crippen LogP contribution in [0.4, 0.5) is 0 Å². The Bertz CT molecular complexity index is 651. The van der Waals surface area contributed by atoms with Crippen LogP contribution in [0.25, 0.3) is 5.65 Å². The molecule has 2 aromatic rings. The third-order valence-corrected chi connectivity index (χ3v) is 5.73. The minimum atomic E-state index is 0. The molecule has 1 atom stereocenters. The average molecular weight is 459 g/mol. The van der Waals surface area contributed by atoms with Crippen molar-refractivity contribution in [2.75, 3.05) is 25.9 Å². The van der Waals surface area contributed by atoms with Crippen LogP contribution in [-0.2, 0) is 6.54 Å². The average Bonchev–Trinajstić information content (AvgIpc) is 2.98. The number of hydrogen-bond donors (Lipinski definition) is 1. The molecule has 0 bridgehead atoms. The molecule has 3 heterocycles. The van der Waals surface area contributed by atoms with Crippen LogP contribution in [0, 0.1) is 5.92 Å². The summed E-state index contributed by atoms with van der Waals surface area (Å²) < 4.78 is 2.05. The highest BCUT2D eigenvalue weighted by Gasteiger charge is 2.24. The number of fused-ring (bicyclic) bond motifs is 1. The summed E-state index contributed by atoms with van der Waals surface area (Å²) in [7, 11) is 1.86.